The van der Waals surface area contributed by atoms with Crippen LogP contribution in [0.15, 0.2) is 35.2 Å². The molecule has 0 saturated carbocycles. The third kappa shape index (κ3) is 3.02. The molecule has 0 spiro atoms. The van der Waals surface area contributed by atoms with Crippen LogP contribution in [0.4, 0.5) is 10.2 Å². The van der Waals surface area contributed by atoms with Gasteiger partial charge in [-0.1, -0.05) is 11.6 Å². The van der Waals surface area contributed by atoms with E-state index in [0.29, 0.717) is 4.60 Å². The summed E-state index contributed by atoms with van der Waals surface area (Å²) >= 11 is 8.90. The van der Waals surface area contributed by atoms with E-state index in [9.17, 15) is 9.18 Å². The number of nitrogens with zero attached hydrogens (tertiary/aromatic N) is 2. The molecule has 1 heterocycles. The van der Waals surface area contributed by atoms with Crippen LogP contribution < -0.4 is 5.32 Å². The van der Waals surface area contributed by atoms with E-state index in [-0.39, 0.29) is 16.4 Å². The van der Waals surface area contributed by atoms with Gasteiger partial charge in [0.15, 0.2) is 5.82 Å². The van der Waals surface area contributed by atoms with Crippen LogP contribution in [-0.2, 0) is 0 Å². The van der Waals surface area contributed by atoms with Gasteiger partial charge in [0.1, 0.15) is 10.4 Å². The second-order valence-corrected chi connectivity index (χ2v) is 4.52. The average Bonchev–Trinajstić information content (AvgIpc) is 2.32. The van der Waals surface area contributed by atoms with Gasteiger partial charge in [-0.3, -0.25) is 4.79 Å². The summed E-state index contributed by atoms with van der Waals surface area (Å²) in [7, 11) is 0. The second-order valence-electron chi connectivity index (χ2n) is 3.30. The van der Waals surface area contributed by atoms with Gasteiger partial charge in [-0.05, 0) is 34.1 Å². The van der Waals surface area contributed by atoms with Crippen LogP contribution in [-0.4, -0.2) is 15.9 Å². The quantitative estimate of drug-likeness (QED) is 0.919. The Hall–Kier alpha value is -1.53. The molecule has 0 unspecified atom stereocenters. The Morgan fingerprint density at radius 2 is 2.11 bits per heavy atom. The van der Waals surface area contributed by atoms with Crippen molar-refractivity contribution in [3.05, 3.63) is 51.6 Å². The topological polar surface area (TPSA) is 54.9 Å². The molecule has 0 aliphatic heterocycles. The van der Waals surface area contributed by atoms with Gasteiger partial charge in [0.05, 0.1) is 23.0 Å². The fourth-order valence-electron chi connectivity index (χ4n) is 1.23. The molecule has 2 aromatic rings. The first kappa shape index (κ1) is 12.9. The van der Waals surface area contributed by atoms with Crippen LogP contribution in [0.25, 0.3) is 0 Å². The number of anilines is 1. The highest BCUT2D eigenvalue weighted by Crippen LogP contribution is 2.18. The number of halogens is 3. The molecule has 0 saturated heterocycles. The summed E-state index contributed by atoms with van der Waals surface area (Å²) in [4.78, 5) is 19.7. The number of hydrogen-bond donors (Lipinski definition) is 1. The van der Waals surface area contributed by atoms with Gasteiger partial charge in [-0.2, -0.15) is 0 Å². The van der Waals surface area contributed by atoms with Crippen molar-refractivity contribution in [2.75, 3.05) is 5.32 Å². The molecule has 1 N–H and O–H groups in total. The largest absolute Gasteiger partial charge is 0.305 e. The molecule has 0 radical (unpaired) electrons. The fourth-order valence-corrected chi connectivity index (χ4v) is 1.69. The Kier molecular flexibility index (Phi) is 3.88. The second kappa shape index (κ2) is 5.41. The van der Waals surface area contributed by atoms with E-state index in [4.69, 9.17) is 11.6 Å². The van der Waals surface area contributed by atoms with Gasteiger partial charge in [-0.25, -0.2) is 14.4 Å². The van der Waals surface area contributed by atoms with Crippen molar-refractivity contribution in [3.63, 3.8) is 0 Å². The van der Waals surface area contributed by atoms with Crippen LogP contribution in [0.1, 0.15) is 10.4 Å². The van der Waals surface area contributed by atoms with E-state index >= 15 is 0 Å². The van der Waals surface area contributed by atoms with Gasteiger partial charge in [-0.15, -0.1) is 0 Å². The minimum absolute atomic E-state index is 0.0394. The van der Waals surface area contributed by atoms with E-state index in [0.717, 1.165) is 12.1 Å². The molecule has 2 rings (SSSR count). The number of amides is 1. The van der Waals surface area contributed by atoms with Gasteiger partial charge in [0.25, 0.3) is 5.91 Å². The third-order valence-corrected chi connectivity index (χ3v) is 2.76. The molecule has 18 heavy (non-hydrogen) atoms. The number of aromatic nitrogens is 2. The highest BCUT2D eigenvalue weighted by Gasteiger charge is 2.11. The number of hydrogen-bond acceptors (Lipinski definition) is 3. The SMILES string of the molecule is O=C(Nc1cnc(Br)cn1)c1ccc(F)cc1Cl. The van der Waals surface area contributed by atoms with Crippen LogP contribution in [0.3, 0.4) is 0 Å². The Morgan fingerprint density at radius 1 is 1.33 bits per heavy atom. The van der Waals surface area contributed by atoms with Crippen LogP contribution in [0.2, 0.25) is 5.02 Å². The Labute approximate surface area is 115 Å². The maximum Gasteiger partial charge on any atom is 0.258 e. The Morgan fingerprint density at radius 3 is 2.72 bits per heavy atom. The molecule has 1 amide bonds. The zero-order chi connectivity index (χ0) is 13.1. The molecule has 1 aromatic carbocycles. The average molecular weight is 331 g/mol. The molecular weight excluding hydrogens is 324 g/mol. The molecule has 0 bridgehead atoms. The van der Waals surface area contributed by atoms with Gasteiger partial charge in [0.2, 0.25) is 0 Å². The lowest BCUT2D eigenvalue weighted by Crippen LogP contribution is -2.13. The lowest BCUT2D eigenvalue weighted by Gasteiger charge is -2.05. The van der Waals surface area contributed by atoms with Crippen molar-refractivity contribution in [2.45, 2.75) is 0 Å². The number of carbonyl (C=O) groups is 1. The Balaban J connectivity index is 2.19. The maximum atomic E-state index is 12.8. The molecular formula is C11H6BrClFN3O. The summed E-state index contributed by atoms with van der Waals surface area (Å²) in [6.45, 7) is 0. The van der Waals surface area contributed by atoms with Crippen molar-refractivity contribution in [3.8, 4) is 0 Å². The van der Waals surface area contributed by atoms with Crippen molar-refractivity contribution in [2.24, 2.45) is 0 Å². The minimum atomic E-state index is -0.500. The highest BCUT2D eigenvalue weighted by molar-refractivity contribution is 9.10. The van der Waals surface area contributed by atoms with Crippen LogP contribution >= 0.6 is 27.5 Å². The summed E-state index contributed by atoms with van der Waals surface area (Å²) in [6.07, 6.45) is 2.83. The molecule has 92 valence electrons. The van der Waals surface area contributed by atoms with Gasteiger partial charge < -0.3 is 5.32 Å². The lowest BCUT2D eigenvalue weighted by molar-refractivity contribution is 0.102. The smallest absolute Gasteiger partial charge is 0.258 e. The third-order valence-electron chi connectivity index (χ3n) is 2.04. The maximum absolute atomic E-state index is 12.8. The lowest BCUT2D eigenvalue weighted by atomic mass is 10.2. The molecule has 0 aliphatic carbocycles. The van der Waals surface area contributed by atoms with E-state index in [1.165, 1.54) is 18.5 Å². The first-order chi connectivity index (χ1) is 8.56. The van der Waals surface area contributed by atoms with Crippen molar-refractivity contribution in [1.82, 2.24) is 9.97 Å². The standard InChI is InChI=1S/C11H6BrClFN3O/c12-9-4-16-10(5-15-9)17-11(18)7-2-1-6(14)3-8(7)13/h1-5H,(H,16,17,18). The van der Waals surface area contributed by atoms with Crippen molar-refractivity contribution >= 4 is 39.3 Å². The summed E-state index contributed by atoms with van der Waals surface area (Å²) in [5, 5.41) is 2.54. The van der Waals surface area contributed by atoms with Crippen molar-refractivity contribution in [1.29, 1.82) is 0 Å². The summed E-state index contributed by atoms with van der Waals surface area (Å²) in [5.41, 5.74) is 0.169. The number of rotatable bonds is 2. The zero-order valence-electron chi connectivity index (χ0n) is 8.82. The summed E-state index contributed by atoms with van der Waals surface area (Å²) in [5.74, 6) is -0.694. The van der Waals surface area contributed by atoms with E-state index in [1.54, 1.807) is 0 Å². The summed E-state index contributed by atoms with van der Waals surface area (Å²) in [6, 6.07) is 3.54. The molecule has 0 atom stereocenters. The first-order valence-electron chi connectivity index (χ1n) is 4.80. The van der Waals surface area contributed by atoms with Crippen molar-refractivity contribution < 1.29 is 9.18 Å². The first-order valence-corrected chi connectivity index (χ1v) is 5.97. The molecule has 7 heteroatoms. The van der Waals surface area contributed by atoms with Crippen LogP contribution in [0, 0.1) is 5.82 Å². The number of benzene rings is 1. The predicted molar refractivity (Wildman–Crippen MR) is 69.1 cm³/mol. The molecule has 1 aromatic heterocycles. The molecule has 0 aliphatic rings. The monoisotopic (exact) mass is 329 g/mol. The molecule has 4 nitrogen and oxygen atoms in total. The summed E-state index contributed by atoms with van der Waals surface area (Å²) < 4.78 is 13.4. The van der Waals surface area contributed by atoms with Crippen LogP contribution in [0.5, 0.6) is 0 Å². The van der Waals surface area contributed by atoms with Gasteiger partial charge in [0, 0.05) is 0 Å². The van der Waals surface area contributed by atoms with E-state index < -0.39 is 11.7 Å². The number of nitrogens with one attached hydrogen (secondary N) is 1. The Bertz CT molecular complexity index is 591. The number of carbonyl (C=O) groups excluding carboxylic acids is 1. The van der Waals surface area contributed by atoms with E-state index in [1.807, 2.05) is 0 Å². The van der Waals surface area contributed by atoms with E-state index in [2.05, 4.69) is 31.2 Å². The normalized spacial score (nSPS) is 10.2. The molecule has 0 fully saturated rings. The predicted octanol–water partition coefficient (Wildman–Crippen LogP) is 3.28. The fraction of sp³-hybridized carbons (Fsp3) is 0. The minimum Gasteiger partial charge on any atom is -0.305 e. The highest BCUT2D eigenvalue weighted by atomic mass is 79.9. The van der Waals surface area contributed by atoms with Gasteiger partial charge >= 0.3 is 0 Å². The zero-order valence-corrected chi connectivity index (χ0v) is 11.2.